The summed E-state index contributed by atoms with van der Waals surface area (Å²) >= 11 is 1.27. The van der Waals surface area contributed by atoms with E-state index in [2.05, 4.69) is 16.7 Å². The number of furan rings is 1. The second-order valence-corrected chi connectivity index (χ2v) is 8.72. The number of ketones is 1. The van der Waals surface area contributed by atoms with Crippen molar-refractivity contribution in [3.8, 4) is 6.07 Å². The molecule has 158 valence electrons. The van der Waals surface area contributed by atoms with Gasteiger partial charge in [-0.15, -0.1) is 0 Å². The maximum absolute atomic E-state index is 12.7. The van der Waals surface area contributed by atoms with E-state index in [0.717, 1.165) is 35.5 Å². The average molecular weight is 434 g/mol. The molecule has 1 atom stereocenters. The van der Waals surface area contributed by atoms with Crippen molar-refractivity contribution in [3.63, 3.8) is 0 Å². The van der Waals surface area contributed by atoms with E-state index in [1.54, 1.807) is 0 Å². The van der Waals surface area contributed by atoms with Crippen LogP contribution >= 0.6 is 11.8 Å². The van der Waals surface area contributed by atoms with Crippen LogP contribution in [0.3, 0.4) is 0 Å². The van der Waals surface area contributed by atoms with Gasteiger partial charge in [0.2, 0.25) is 5.91 Å². The van der Waals surface area contributed by atoms with Crippen LogP contribution in [0.15, 0.2) is 62.7 Å². The first-order valence-electron chi connectivity index (χ1n) is 10.2. The first-order chi connectivity index (χ1) is 15.0. The third kappa shape index (κ3) is 4.44. The van der Waals surface area contributed by atoms with Crippen LogP contribution in [0.5, 0.6) is 0 Å². The van der Waals surface area contributed by atoms with Crippen molar-refractivity contribution >= 4 is 29.1 Å². The van der Waals surface area contributed by atoms with E-state index < -0.39 is 5.92 Å². The lowest BCUT2D eigenvalue weighted by Gasteiger charge is -2.32. The van der Waals surface area contributed by atoms with Gasteiger partial charge in [0.15, 0.2) is 5.78 Å². The number of benzene rings is 1. The highest BCUT2D eigenvalue weighted by molar-refractivity contribution is 8.03. The molecular formula is C24H23N3O3S. The van der Waals surface area contributed by atoms with Gasteiger partial charge in [0.1, 0.15) is 11.5 Å². The number of hydrogen-bond donors (Lipinski definition) is 2. The van der Waals surface area contributed by atoms with Gasteiger partial charge in [0.05, 0.1) is 28.3 Å². The topological polar surface area (TPSA) is 95.1 Å². The van der Waals surface area contributed by atoms with Gasteiger partial charge in [-0.2, -0.15) is 5.26 Å². The van der Waals surface area contributed by atoms with E-state index in [9.17, 15) is 14.9 Å². The summed E-state index contributed by atoms with van der Waals surface area (Å²) in [4.78, 5) is 25.2. The van der Waals surface area contributed by atoms with Crippen LogP contribution in [0.4, 0.5) is 5.69 Å². The van der Waals surface area contributed by atoms with Crippen LogP contribution in [0.25, 0.3) is 0 Å². The molecule has 0 radical (unpaired) electrons. The van der Waals surface area contributed by atoms with Gasteiger partial charge in [0, 0.05) is 23.4 Å². The highest BCUT2D eigenvalue weighted by atomic mass is 32.2. The van der Waals surface area contributed by atoms with E-state index in [4.69, 9.17) is 4.42 Å². The molecule has 0 spiro atoms. The predicted octanol–water partition coefficient (Wildman–Crippen LogP) is 4.70. The minimum absolute atomic E-state index is 0.0433. The Morgan fingerprint density at radius 2 is 2.00 bits per heavy atom. The number of nitriles is 1. The molecule has 2 aliphatic rings. The number of hydrogen-bond acceptors (Lipinski definition) is 6. The fourth-order valence-corrected chi connectivity index (χ4v) is 4.76. The molecule has 6 nitrogen and oxygen atoms in total. The highest BCUT2D eigenvalue weighted by Crippen LogP contribution is 2.44. The Bertz CT molecular complexity index is 1140. The van der Waals surface area contributed by atoms with Crippen molar-refractivity contribution in [3.05, 3.63) is 75.4 Å². The lowest BCUT2D eigenvalue weighted by Crippen LogP contribution is -2.31. The Labute approximate surface area is 185 Å². The fraction of sp³-hybridized carbons (Fsp3) is 0.292. The third-order valence-electron chi connectivity index (χ3n) is 5.39. The summed E-state index contributed by atoms with van der Waals surface area (Å²) < 4.78 is 5.83. The second kappa shape index (κ2) is 8.86. The number of thioether (sulfide) groups is 1. The van der Waals surface area contributed by atoms with Crippen LogP contribution in [0.1, 0.15) is 42.3 Å². The quantitative estimate of drug-likeness (QED) is 0.710. The Balaban J connectivity index is 1.58. The van der Waals surface area contributed by atoms with E-state index >= 15 is 0 Å². The van der Waals surface area contributed by atoms with E-state index in [-0.39, 0.29) is 17.4 Å². The van der Waals surface area contributed by atoms with Crippen LogP contribution in [0, 0.1) is 25.2 Å². The summed E-state index contributed by atoms with van der Waals surface area (Å²) in [5.74, 6) is 0.794. The molecule has 1 aromatic carbocycles. The number of aryl methyl sites for hydroxylation is 2. The number of nitrogens with one attached hydrogen (secondary N) is 2. The lowest BCUT2D eigenvalue weighted by atomic mass is 9.79. The molecule has 31 heavy (non-hydrogen) atoms. The molecule has 1 aliphatic carbocycles. The number of carbonyl (C=O) groups is 2. The number of dihydropyridines is 1. The molecule has 0 saturated heterocycles. The first-order valence-corrected chi connectivity index (χ1v) is 11.2. The Hall–Kier alpha value is -3.24. The first kappa shape index (κ1) is 21.0. The smallest absolute Gasteiger partial charge is 0.234 e. The Morgan fingerprint density at radius 3 is 2.68 bits per heavy atom. The van der Waals surface area contributed by atoms with Crippen LogP contribution in [0.2, 0.25) is 0 Å². The monoisotopic (exact) mass is 433 g/mol. The molecule has 2 heterocycles. The number of allylic oxidation sites excluding steroid dienone is 3. The highest BCUT2D eigenvalue weighted by Gasteiger charge is 2.38. The van der Waals surface area contributed by atoms with Crippen molar-refractivity contribution < 1.29 is 14.0 Å². The molecular weight excluding hydrogens is 410 g/mol. The number of nitrogens with zero attached hydrogens (tertiary/aromatic N) is 1. The molecule has 0 unspecified atom stereocenters. The van der Waals surface area contributed by atoms with E-state index in [1.807, 2.05) is 50.2 Å². The van der Waals surface area contributed by atoms with E-state index in [0.29, 0.717) is 28.4 Å². The zero-order valence-electron chi connectivity index (χ0n) is 17.5. The minimum atomic E-state index is -0.537. The van der Waals surface area contributed by atoms with Crippen LogP contribution in [-0.2, 0) is 9.59 Å². The second-order valence-electron chi connectivity index (χ2n) is 7.73. The molecule has 2 N–H and O–H groups in total. The summed E-state index contributed by atoms with van der Waals surface area (Å²) in [6, 6.07) is 13.5. The number of carbonyl (C=O) groups excluding carboxylic acids is 2. The van der Waals surface area contributed by atoms with Crippen molar-refractivity contribution in [2.75, 3.05) is 11.1 Å². The molecule has 7 heteroatoms. The maximum atomic E-state index is 12.7. The third-order valence-corrected chi connectivity index (χ3v) is 6.41. The summed E-state index contributed by atoms with van der Waals surface area (Å²) in [6.45, 7) is 3.82. The van der Waals surface area contributed by atoms with Crippen molar-refractivity contribution in [1.29, 1.82) is 5.26 Å². The van der Waals surface area contributed by atoms with Gasteiger partial charge < -0.3 is 15.1 Å². The van der Waals surface area contributed by atoms with Gasteiger partial charge >= 0.3 is 0 Å². The van der Waals surface area contributed by atoms with E-state index in [1.165, 1.54) is 11.8 Å². The largest absolute Gasteiger partial charge is 0.465 e. The van der Waals surface area contributed by atoms with Crippen molar-refractivity contribution in [2.24, 2.45) is 0 Å². The van der Waals surface area contributed by atoms with Gasteiger partial charge in [-0.05, 0) is 51.0 Å². The molecule has 0 bridgehead atoms. The summed E-state index contributed by atoms with van der Waals surface area (Å²) in [5.41, 5.74) is 3.71. The summed E-state index contributed by atoms with van der Waals surface area (Å²) in [5, 5.41) is 16.7. The maximum Gasteiger partial charge on any atom is 0.234 e. The molecule has 1 aromatic heterocycles. The number of amides is 1. The van der Waals surface area contributed by atoms with Crippen LogP contribution in [-0.4, -0.2) is 17.4 Å². The molecule has 1 amide bonds. The van der Waals surface area contributed by atoms with Crippen LogP contribution < -0.4 is 10.6 Å². The van der Waals surface area contributed by atoms with Gasteiger partial charge in [-0.1, -0.05) is 29.5 Å². The number of rotatable bonds is 5. The normalized spacial score (nSPS) is 18.4. The molecule has 0 saturated carbocycles. The fourth-order valence-electron chi connectivity index (χ4n) is 3.90. The molecule has 0 fully saturated rings. The zero-order chi connectivity index (χ0) is 22.0. The number of anilines is 1. The number of Topliss-reactive ketones (excluding diaryl/α,β-unsaturated/α-hetero) is 1. The van der Waals surface area contributed by atoms with Gasteiger partial charge in [-0.3, -0.25) is 9.59 Å². The summed E-state index contributed by atoms with van der Waals surface area (Å²) in [6.07, 6.45) is 1.97. The summed E-state index contributed by atoms with van der Waals surface area (Å²) in [7, 11) is 0. The van der Waals surface area contributed by atoms with Gasteiger partial charge in [0.25, 0.3) is 0 Å². The predicted molar refractivity (Wildman–Crippen MR) is 120 cm³/mol. The van der Waals surface area contributed by atoms with Gasteiger partial charge in [-0.25, -0.2) is 0 Å². The lowest BCUT2D eigenvalue weighted by molar-refractivity contribution is -0.116. The van der Waals surface area contributed by atoms with Crippen molar-refractivity contribution in [1.82, 2.24) is 5.32 Å². The zero-order valence-corrected chi connectivity index (χ0v) is 18.3. The minimum Gasteiger partial charge on any atom is -0.465 e. The molecule has 2 aromatic rings. The average Bonchev–Trinajstić information content (AvgIpc) is 3.19. The molecule has 1 aliphatic heterocycles. The Kier molecular flexibility index (Phi) is 6.01. The molecule has 4 rings (SSSR count). The van der Waals surface area contributed by atoms with Crippen molar-refractivity contribution in [2.45, 2.75) is 39.0 Å². The Morgan fingerprint density at radius 1 is 1.23 bits per heavy atom. The SMILES string of the molecule is Cc1ccc(NC(=O)CSC2=C(C#N)[C@H](c3ccc(C)o3)C3=C(CCCC3=O)N2)cc1. The standard InChI is InChI=1S/C24H23N3O3S/c1-14-6-9-16(10-7-14)26-21(29)13-31-24-17(12-25)22(20-11-8-15(2)30-20)23-18(27-24)4-3-5-19(23)28/h6-11,22,27H,3-5,13H2,1-2H3,(H,26,29)/t22-/m1/s1.